The molecule has 1 aromatic rings. The number of amides is 2. The average Bonchev–Trinajstić information content (AvgIpc) is 3.37. The van der Waals surface area contributed by atoms with Crippen molar-refractivity contribution in [1.82, 2.24) is 15.5 Å². The van der Waals surface area contributed by atoms with Crippen molar-refractivity contribution in [3.05, 3.63) is 52.6 Å². The molecule has 4 rings (SSSR count). The number of rotatable bonds is 5. The van der Waals surface area contributed by atoms with Crippen molar-refractivity contribution in [2.75, 3.05) is 25.0 Å². The maximum absolute atomic E-state index is 13.7. The maximum atomic E-state index is 13.7. The van der Waals surface area contributed by atoms with Crippen molar-refractivity contribution in [2.24, 2.45) is 5.92 Å². The highest BCUT2D eigenvalue weighted by atomic mass is 19.1. The maximum Gasteiger partial charge on any atom is 0.249 e. The molecule has 3 aliphatic heterocycles. The number of anilines is 1. The van der Waals surface area contributed by atoms with Crippen LogP contribution in [0.5, 0.6) is 0 Å². The van der Waals surface area contributed by atoms with Crippen LogP contribution in [0.1, 0.15) is 45.1 Å². The second kappa shape index (κ2) is 8.22. The first-order chi connectivity index (χ1) is 14.4. The number of halogens is 1. The molecule has 1 saturated heterocycles. The molecule has 2 amide bonds. The number of hydrogen-bond donors (Lipinski definition) is 3. The average molecular weight is 413 g/mol. The summed E-state index contributed by atoms with van der Waals surface area (Å²) in [6, 6.07) is 4.71. The van der Waals surface area contributed by atoms with Crippen molar-refractivity contribution in [3.8, 4) is 0 Å². The minimum Gasteiger partial charge on any atom is -0.362 e. The van der Waals surface area contributed by atoms with Gasteiger partial charge in [0, 0.05) is 41.2 Å². The summed E-state index contributed by atoms with van der Waals surface area (Å²) in [7, 11) is 0. The van der Waals surface area contributed by atoms with Crippen LogP contribution < -0.4 is 16.0 Å². The van der Waals surface area contributed by atoms with Crippen molar-refractivity contribution in [2.45, 2.75) is 45.6 Å². The zero-order valence-corrected chi connectivity index (χ0v) is 17.7. The van der Waals surface area contributed by atoms with E-state index in [0.29, 0.717) is 29.4 Å². The Hall–Kier alpha value is -2.67. The lowest BCUT2D eigenvalue weighted by Crippen LogP contribution is -2.40. The number of fused-ring (bicyclic) bond motifs is 1. The van der Waals surface area contributed by atoms with Gasteiger partial charge in [-0.3, -0.25) is 14.5 Å². The third-order valence-corrected chi connectivity index (χ3v) is 6.52. The van der Waals surface area contributed by atoms with Crippen LogP contribution in [0, 0.1) is 11.7 Å². The molecule has 1 fully saturated rings. The van der Waals surface area contributed by atoms with Crippen LogP contribution in [0.2, 0.25) is 0 Å². The number of hydrogen-bond acceptors (Lipinski definition) is 4. The minimum atomic E-state index is -0.576. The van der Waals surface area contributed by atoms with Gasteiger partial charge in [-0.1, -0.05) is 13.8 Å². The molecule has 3 aliphatic rings. The lowest BCUT2D eigenvalue weighted by Gasteiger charge is -2.23. The van der Waals surface area contributed by atoms with Crippen LogP contribution in [-0.4, -0.2) is 42.4 Å². The summed E-state index contributed by atoms with van der Waals surface area (Å²) in [5, 5.41) is 9.17. The largest absolute Gasteiger partial charge is 0.362 e. The highest BCUT2D eigenvalue weighted by Crippen LogP contribution is 2.37. The van der Waals surface area contributed by atoms with E-state index in [0.717, 1.165) is 30.9 Å². The molecule has 30 heavy (non-hydrogen) atoms. The Balaban J connectivity index is 1.47. The number of carbonyl (C=O) groups is 2. The Morgan fingerprint density at radius 1 is 1.37 bits per heavy atom. The summed E-state index contributed by atoms with van der Waals surface area (Å²) in [6.07, 6.45) is 4.09. The number of likely N-dealkylation sites (N-methyl/N-ethyl adjacent to an activating group) is 1. The van der Waals surface area contributed by atoms with E-state index >= 15 is 0 Å². The summed E-state index contributed by atoms with van der Waals surface area (Å²) in [5.74, 6) is -1.37. The van der Waals surface area contributed by atoms with Crippen LogP contribution in [0.4, 0.5) is 10.1 Å². The van der Waals surface area contributed by atoms with E-state index in [1.807, 2.05) is 19.9 Å². The molecule has 1 aromatic carbocycles. The van der Waals surface area contributed by atoms with Gasteiger partial charge in [-0.25, -0.2) is 4.39 Å². The molecule has 6 nitrogen and oxygen atoms in total. The molecule has 0 saturated carbocycles. The highest BCUT2D eigenvalue weighted by Gasteiger charge is 2.34. The SMILES string of the molecule is CCN1CCCC1CNC(=O)C1=C(C)NC(=CC2C(=O)Nc3ccc(F)cc32)C1C. The Morgan fingerprint density at radius 2 is 2.17 bits per heavy atom. The zero-order chi connectivity index (χ0) is 21.4. The molecule has 0 aliphatic carbocycles. The van der Waals surface area contributed by atoms with E-state index in [4.69, 9.17) is 0 Å². The molecule has 3 unspecified atom stereocenters. The van der Waals surface area contributed by atoms with Crippen LogP contribution in [-0.2, 0) is 9.59 Å². The van der Waals surface area contributed by atoms with Gasteiger partial charge in [0.1, 0.15) is 5.82 Å². The first-order valence-electron chi connectivity index (χ1n) is 10.7. The van der Waals surface area contributed by atoms with Gasteiger partial charge in [0.15, 0.2) is 0 Å². The van der Waals surface area contributed by atoms with Crippen LogP contribution in [0.3, 0.4) is 0 Å². The normalized spacial score (nSPS) is 27.4. The summed E-state index contributed by atoms with van der Waals surface area (Å²) >= 11 is 0. The number of likely N-dealkylation sites (tertiary alicyclic amines) is 1. The zero-order valence-electron chi connectivity index (χ0n) is 17.7. The Bertz CT molecular complexity index is 939. The third-order valence-electron chi connectivity index (χ3n) is 6.52. The number of allylic oxidation sites excluding steroid dienone is 2. The Labute approximate surface area is 176 Å². The fourth-order valence-electron chi connectivity index (χ4n) is 4.88. The molecular weight excluding hydrogens is 383 g/mol. The van der Waals surface area contributed by atoms with E-state index in [9.17, 15) is 14.0 Å². The second-order valence-electron chi connectivity index (χ2n) is 8.34. The van der Waals surface area contributed by atoms with Crippen molar-refractivity contribution >= 4 is 17.5 Å². The smallest absolute Gasteiger partial charge is 0.249 e. The van der Waals surface area contributed by atoms with Crippen LogP contribution >= 0.6 is 0 Å². The number of nitrogens with zero attached hydrogens (tertiary/aromatic N) is 1. The van der Waals surface area contributed by atoms with Crippen molar-refractivity contribution in [1.29, 1.82) is 0 Å². The van der Waals surface area contributed by atoms with Gasteiger partial charge in [0.25, 0.3) is 0 Å². The van der Waals surface area contributed by atoms with Crippen molar-refractivity contribution in [3.63, 3.8) is 0 Å². The van der Waals surface area contributed by atoms with E-state index in [1.165, 1.54) is 18.6 Å². The quantitative estimate of drug-likeness (QED) is 0.695. The molecule has 160 valence electrons. The van der Waals surface area contributed by atoms with E-state index in [1.54, 1.807) is 6.07 Å². The number of nitrogens with one attached hydrogen (secondary N) is 3. The Kier molecular flexibility index (Phi) is 5.64. The van der Waals surface area contributed by atoms with Gasteiger partial charge in [-0.15, -0.1) is 0 Å². The van der Waals surface area contributed by atoms with Crippen LogP contribution in [0.25, 0.3) is 0 Å². The predicted molar refractivity (Wildman–Crippen MR) is 114 cm³/mol. The molecule has 0 aromatic heterocycles. The fraction of sp³-hybridized carbons (Fsp3) is 0.478. The monoisotopic (exact) mass is 412 g/mol. The molecule has 3 heterocycles. The Morgan fingerprint density at radius 3 is 2.93 bits per heavy atom. The summed E-state index contributed by atoms with van der Waals surface area (Å²) < 4.78 is 13.7. The molecule has 3 atom stereocenters. The molecule has 3 N–H and O–H groups in total. The lowest BCUT2D eigenvalue weighted by atomic mass is 9.94. The standard InChI is InChI=1S/C23H29FN4O2/c1-4-28-9-5-6-16(28)12-25-23(30)21-13(2)20(26-14(21)3)11-18-17-10-15(24)7-8-19(17)27-22(18)29/h7-8,10-11,13,16,18,26H,4-6,9,12H2,1-3H3,(H,25,30)(H,27,29). The summed E-state index contributed by atoms with van der Waals surface area (Å²) in [5.41, 5.74) is 3.54. The van der Waals surface area contributed by atoms with E-state index < -0.39 is 5.92 Å². The molecular formula is C23H29FN4O2. The van der Waals surface area contributed by atoms with Gasteiger partial charge in [0.05, 0.1) is 5.92 Å². The number of carbonyl (C=O) groups excluding carboxylic acids is 2. The third kappa shape index (κ3) is 3.74. The van der Waals surface area contributed by atoms with Gasteiger partial charge in [0.2, 0.25) is 11.8 Å². The molecule has 0 bridgehead atoms. The first kappa shape index (κ1) is 20.6. The first-order valence-corrected chi connectivity index (χ1v) is 10.7. The summed E-state index contributed by atoms with van der Waals surface area (Å²) in [4.78, 5) is 27.8. The molecule has 0 radical (unpaired) electrons. The topological polar surface area (TPSA) is 73.5 Å². The number of benzene rings is 1. The lowest BCUT2D eigenvalue weighted by molar-refractivity contribution is -0.118. The highest BCUT2D eigenvalue weighted by molar-refractivity contribution is 6.04. The minimum absolute atomic E-state index is 0.0684. The molecule has 7 heteroatoms. The van der Waals surface area contributed by atoms with Gasteiger partial charge in [-0.2, -0.15) is 0 Å². The van der Waals surface area contributed by atoms with E-state index in [2.05, 4.69) is 27.8 Å². The second-order valence-corrected chi connectivity index (χ2v) is 8.34. The van der Waals surface area contributed by atoms with Crippen molar-refractivity contribution < 1.29 is 14.0 Å². The van der Waals surface area contributed by atoms with Gasteiger partial charge >= 0.3 is 0 Å². The van der Waals surface area contributed by atoms with Gasteiger partial charge in [-0.05, 0) is 62.7 Å². The van der Waals surface area contributed by atoms with E-state index in [-0.39, 0.29) is 23.5 Å². The predicted octanol–water partition coefficient (Wildman–Crippen LogP) is 2.86. The summed E-state index contributed by atoms with van der Waals surface area (Å²) in [6.45, 7) is 8.72. The fourth-order valence-corrected chi connectivity index (χ4v) is 4.88. The molecule has 0 spiro atoms. The van der Waals surface area contributed by atoms with Gasteiger partial charge < -0.3 is 16.0 Å². The van der Waals surface area contributed by atoms with Crippen LogP contribution in [0.15, 0.2) is 41.2 Å².